The first-order valence-electron chi connectivity index (χ1n) is 4.49. The Kier molecular flexibility index (Phi) is 4.14. The number of nitrogens with zero attached hydrogens (tertiary/aromatic N) is 1. The molecule has 0 amide bonds. The monoisotopic (exact) mass is 223 g/mol. The van der Waals surface area contributed by atoms with E-state index >= 15 is 0 Å². The van der Waals surface area contributed by atoms with E-state index in [0.717, 1.165) is 11.1 Å². The van der Waals surface area contributed by atoms with Gasteiger partial charge in [0.15, 0.2) is 0 Å². The Labute approximate surface area is 92.9 Å². The number of carboxylic acids is 1. The molecule has 4 heteroatoms. The minimum atomic E-state index is -0.841. The predicted molar refractivity (Wildman–Crippen MR) is 56.7 cm³/mol. The first kappa shape index (κ1) is 11.5. The molecule has 0 unspecified atom stereocenters. The molecule has 0 saturated heterocycles. The number of nitriles is 1. The summed E-state index contributed by atoms with van der Waals surface area (Å²) in [6.45, 7) is 0. The quantitative estimate of drug-likeness (QED) is 0.853. The predicted octanol–water partition coefficient (Wildman–Crippen LogP) is 2.42. The van der Waals surface area contributed by atoms with Gasteiger partial charge in [0.2, 0.25) is 0 Å². The number of hydrogen-bond acceptors (Lipinski definition) is 2. The van der Waals surface area contributed by atoms with Gasteiger partial charge < -0.3 is 5.11 Å². The van der Waals surface area contributed by atoms with Crippen molar-refractivity contribution in [2.75, 3.05) is 0 Å². The fourth-order valence-corrected chi connectivity index (χ4v) is 1.53. The van der Waals surface area contributed by atoms with Gasteiger partial charge in [0.25, 0.3) is 0 Å². The zero-order chi connectivity index (χ0) is 11.3. The highest BCUT2D eigenvalue weighted by Crippen LogP contribution is 2.19. The van der Waals surface area contributed by atoms with Crippen molar-refractivity contribution in [3.63, 3.8) is 0 Å². The summed E-state index contributed by atoms with van der Waals surface area (Å²) in [5.74, 6) is -0.841. The van der Waals surface area contributed by atoms with Crippen molar-refractivity contribution in [1.82, 2.24) is 0 Å². The van der Waals surface area contributed by atoms with E-state index in [-0.39, 0.29) is 6.42 Å². The molecule has 1 N–H and O–H groups in total. The lowest BCUT2D eigenvalue weighted by atomic mass is 10.1. The highest BCUT2D eigenvalue weighted by atomic mass is 35.5. The van der Waals surface area contributed by atoms with Crippen LogP contribution in [0.15, 0.2) is 18.2 Å². The van der Waals surface area contributed by atoms with Gasteiger partial charge in [-0.25, -0.2) is 0 Å². The third-order valence-corrected chi connectivity index (χ3v) is 2.36. The van der Waals surface area contributed by atoms with Crippen LogP contribution >= 0.6 is 11.6 Å². The zero-order valence-electron chi connectivity index (χ0n) is 8.03. The molecule has 0 aliphatic heterocycles. The Morgan fingerprint density at radius 3 is 2.80 bits per heavy atom. The summed E-state index contributed by atoms with van der Waals surface area (Å²) in [6, 6.07) is 7.31. The zero-order valence-corrected chi connectivity index (χ0v) is 8.79. The van der Waals surface area contributed by atoms with Crippen molar-refractivity contribution in [3.8, 4) is 6.07 Å². The Morgan fingerprint density at radius 2 is 2.27 bits per heavy atom. The van der Waals surface area contributed by atoms with Crippen LogP contribution < -0.4 is 0 Å². The maximum absolute atomic E-state index is 10.4. The van der Waals surface area contributed by atoms with E-state index < -0.39 is 5.97 Å². The van der Waals surface area contributed by atoms with Crippen molar-refractivity contribution in [2.45, 2.75) is 19.3 Å². The van der Waals surface area contributed by atoms with Gasteiger partial charge >= 0.3 is 5.97 Å². The summed E-state index contributed by atoms with van der Waals surface area (Å²) in [5.41, 5.74) is 1.65. The Balaban J connectivity index is 2.75. The van der Waals surface area contributed by atoms with Crippen LogP contribution in [0, 0.1) is 11.3 Å². The molecular weight excluding hydrogens is 214 g/mol. The number of aryl methyl sites for hydroxylation is 1. The minimum Gasteiger partial charge on any atom is -0.481 e. The van der Waals surface area contributed by atoms with Crippen molar-refractivity contribution in [1.29, 1.82) is 5.26 Å². The molecule has 0 heterocycles. The largest absolute Gasteiger partial charge is 0.481 e. The summed E-state index contributed by atoms with van der Waals surface area (Å²) in [4.78, 5) is 10.4. The number of carbonyl (C=O) groups is 1. The lowest BCUT2D eigenvalue weighted by Crippen LogP contribution is -1.98. The highest BCUT2D eigenvalue weighted by Gasteiger charge is 2.04. The highest BCUT2D eigenvalue weighted by molar-refractivity contribution is 6.31. The van der Waals surface area contributed by atoms with E-state index in [9.17, 15) is 4.79 Å². The molecule has 0 spiro atoms. The second kappa shape index (κ2) is 5.38. The second-order valence-corrected chi connectivity index (χ2v) is 3.56. The molecule has 78 valence electrons. The van der Waals surface area contributed by atoms with E-state index in [4.69, 9.17) is 22.0 Å². The average molecular weight is 224 g/mol. The van der Waals surface area contributed by atoms with Crippen LogP contribution in [0.25, 0.3) is 0 Å². The van der Waals surface area contributed by atoms with Crippen LogP contribution in [0.3, 0.4) is 0 Å². The fourth-order valence-electron chi connectivity index (χ4n) is 1.24. The molecule has 0 saturated carbocycles. The van der Waals surface area contributed by atoms with Crippen LogP contribution in [0.4, 0.5) is 0 Å². The van der Waals surface area contributed by atoms with Crippen molar-refractivity contribution < 1.29 is 9.90 Å². The maximum atomic E-state index is 10.4. The molecule has 0 aliphatic carbocycles. The molecule has 1 aromatic rings. The number of hydrogen-bond donors (Lipinski definition) is 1. The number of aliphatic carboxylic acids is 1. The summed E-state index contributed by atoms with van der Waals surface area (Å²) in [7, 11) is 0. The molecule has 15 heavy (non-hydrogen) atoms. The molecule has 0 aliphatic rings. The lowest BCUT2D eigenvalue weighted by molar-refractivity contribution is -0.136. The van der Waals surface area contributed by atoms with Gasteiger partial charge in [0.1, 0.15) is 0 Å². The molecule has 0 aromatic heterocycles. The number of halogens is 1. The van der Waals surface area contributed by atoms with Gasteiger partial charge in [-0.2, -0.15) is 5.26 Å². The standard InChI is InChI=1S/C11H10ClNO2/c12-10-7-8(5-6-13)1-2-9(10)3-4-11(14)15/h1-2,7H,3-5H2,(H,14,15). The SMILES string of the molecule is N#CCc1ccc(CCC(=O)O)c(Cl)c1. The first-order chi connectivity index (χ1) is 7.13. The summed E-state index contributed by atoms with van der Waals surface area (Å²) in [5, 5.41) is 17.5. The molecule has 0 fully saturated rings. The average Bonchev–Trinajstić information content (AvgIpc) is 2.17. The molecule has 1 rings (SSSR count). The summed E-state index contributed by atoms with van der Waals surface area (Å²) < 4.78 is 0. The number of carboxylic acid groups (broad SMARTS) is 1. The molecule has 1 aromatic carbocycles. The first-order valence-corrected chi connectivity index (χ1v) is 4.87. The molecule has 0 atom stereocenters. The van der Waals surface area contributed by atoms with E-state index in [0.29, 0.717) is 17.9 Å². The van der Waals surface area contributed by atoms with Gasteiger partial charge in [0, 0.05) is 11.4 Å². The van der Waals surface area contributed by atoms with Gasteiger partial charge in [-0.15, -0.1) is 0 Å². The van der Waals surface area contributed by atoms with Crippen LogP contribution in [0.1, 0.15) is 17.5 Å². The fraction of sp³-hybridized carbons (Fsp3) is 0.273. The molecule has 0 bridgehead atoms. The van der Waals surface area contributed by atoms with Crippen LogP contribution in [-0.2, 0) is 17.6 Å². The van der Waals surface area contributed by atoms with Gasteiger partial charge in [-0.3, -0.25) is 4.79 Å². The van der Waals surface area contributed by atoms with E-state index in [1.807, 2.05) is 6.07 Å². The van der Waals surface area contributed by atoms with E-state index in [1.165, 1.54) is 0 Å². The third kappa shape index (κ3) is 3.61. The minimum absolute atomic E-state index is 0.0668. The number of rotatable bonds is 4. The molecule has 3 nitrogen and oxygen atoms in total. The Bertz CT molecular complexity index is 410. The van der Waals surface area contributed by atoms with Crippen LogP contribution in [0.5, 0.6) is 0 Å². The van der Waals surface area contributed by atoms with Gasteiger partial charge in [-0.05, 0) is 23.6 Å². The van der Waals surface area contributed by atoms with Crippen molar-refractivity contribution in [3.05, 3.63) is 34.3 Å². The van der Waals surface area contributed by atoms with Gasteiger partial charge in [-0.1, -0.05) is 23.7 Å². The van der Waals surface area contributed by atoms with Gasteiger partial charge in [0.05, 0.1) is 12.5 Å². The summed E-state index contributed by atoms with van der Waals surface area (Å²) in [6.07, 6.45) is 0.803. The number of benzene rings is 1. The lowest BCUT2D eigenvalue weighted by Gasteiger charge is -2.03. The van der Waals surface area contributed by atoms with Crippen LogP contribution in [-0.4, -0.2) is 11.1 Å². The summed E-state index contributed by atoms with van der Waals surface area (Å²) >= 11 is 5.95. The topological polar surface area (TPSA) is 61.1 Å². The molecule has 0 radical (unpaired) electrons. The van der Waals surface area contributed by atoms with E-state index in [1.54, 1.807) is 18.2 Å². The third-order valence-electron chi connectivity index (χ3n) is 2.01. The Hall–Kier alpha value is -1.53. The normalized spacial score (nSPS) is 9.60. The Morgan fingerprint density at radius 1 is 1.53 bits per heavy atom. The van der Waals surface area contributed by atoms with Crippen molar-refractivity contribution >= 4 is 17.6 Å². The smallest absolute Gasteiger partial charge is 0.303 e. The second-order valence-electron chi connectivity index (χ2n) is 3.15. The van der Waals surface area contributed by atoms with E-state index in [2.05, 4.69) is 0 Å². The molecular formula is C11H10ClNO2. The maximum Gasteiger partial charge on any atom is 0.303 e. The van der Waals surface area contributed by atoms with Crippen LogP contribution in [0.2, 0.25) is 5.02 Å². The van der Waals surface area contributed by atoms with Crippen molar-refractivity contribution in [2.24, 2.45) is 0 Å².